The number of amides is 2. The topological polar surface area (TPSA) is 49.4 Å². The van der Waals surface area contributed by atoms with Crippen LogP contribution in [-0.4, -0.2) is 17.6 Å². The molecule has 4 nitrogen and oxygen atoms in total. The van der Waals surface area contributed by atoms with Crippen LogP contribution in [0.25, 0.3) is 0 Å². The zero-order valence-electron chi connectivity index (χ0n) is 16.7. The summed E-state index contributed by atoms with van der Waals surface area (Å²) in [5, 5.41) is 2.65. The van der Waals surface area contributed by atoms with E-state index < -0.39 is 0 Å². The van der Waals surface area contributed by atoms with Gasteiger partial charge in [-0.2, -0.15) is 0 Å². The summed E-state index contributed by atoms with van der Waals surface area (Å²) in [5.41, 5.74) is 4.06. The van der Waals surface area contributed by atoms with Crippen LogP contribution in [0, 0.1) is 19.7 Å². The minimum absolute atomic E-state index is 0.0620. The molecule has 1 heterocycles. The lowest BCUT2D eigenvalue weighted by Gasteiger charge is -2.26. The molecule has 0 aliphatic carbocycles. The fourth-order valence-electron chi connectivity index (χ4n) is 3.58. The molecule has 3 aromatic carbocycles. The molecule has 1 fully saturated rings. The van der Waals surface area contributed by atoms with E-state index in [9.17, 15) is 14.0 Å². The number of carbonyl (C=O) groups is 2. The molecule has 0 spiro atoms. The molecule has 0 saturated carbocycles. The third-order valence-electron chi connectivity index (χ3n) is 5.19. The van der Waals surface area contributed by atoms with E-state index in [0.717, 1.165) is 11.1 Å². The molecule has 1 N–H and O–H groups in total. The number of hydrogen-bond acceptors (Lipinski definition) is 3. The average Bonchev–Trinajstić information content (AvgIpc) is 3.12. The summed E-state index contributed by atoms with van der Waals surface area (Å²) in [4.78, 5) is 26.9. The van der Waals surface area contributed by atoms with E-state index in [0.29, 0.717) is 28.3 Å². The summed E-state index contributed by atoms with van der Waals surface area (Å²) in [6.07, 6.45) is 0. The largest absolute Gasteiger partial charge is 0.322 e. The summed E-state index contributed by atoms with van der Waals surface area (Å²) >= 11 is 1.49. The third-order valence-corrected chi connectivity index (χ3v) is 6.40. The molecule has 4 rings (SSSR count). The van der Waals surface area contributed by atoms with E-state index in [-0.39, 0.29) is 23.0 Å². The van der Waals surface area contributed by atoms with E-state index >= 15 is 0 Å². The number of benzene rings is 3. The second kappa shape index (κ2) is 8.32. The molecule has 1 aliphatic heterocycles. The fourth-order valence-corrected chi connectivity index (χ4v) is 4.74. The molecule has 152 valence electrons. The number of nitrogens with zero attached hydrogens (tertiary/aromatic N) is 1. The van der Waals surface area contributed by atoms with Crippen molar-refractivity contribution in [2.75, 3.05) is 16.0 Å². The van der Waals surface area contributed by atoms with Crippen LogP contribution in [-0.2, 0) is 4.79 Å². The third kappa shape index (κ3) is 3.83. The van der Waals surface area contributed by atoms with Gasteiger partial charge in [-0.1, -0.05) is 36.4 Å². The maximum absolute atomic E-state index is 14.1. The molecule has 1 atom stereocenters. The predicted molar refractivity (Wildman–Crippen MR) is 119 cm³/mol. The van der Waals surface area contributed by atoms with Gasteiger partial charge in [0.2, 0.25) is 5.91 Å². The highest BCUT2D eigenvalue weighted by molar-refractivity contribution is 8.00. The smallest absolute Gasteiger partial charge is 0.255 e. The van der Waals surface area contributed by atoms with Crippen LogP contribution in [0.1, 0.15) is 32.4 Å². The zero-order valence-corrected chi connectivity index (χ0v) is 17.5. The highest BCUT2D eigenvalue weighted by Gasteiger charge is 2.35. The number of anilines is 2. The van der Waals surface area contributed by atoms with E-state index in [1.54, 1.807) is 30.0 Å². The van der Waals surface area contributed by atoms with Crippen molar-refractivity contribution in [3.8, 4) is 0 Å². The summed E-state index contributed by atoms with van der Waals surface area (Å²) in [7, 11) is 0. The molecule has 0 bridgehead atoms. The van der Waals surface area contributed by atoms with Crippen LogP contribution in [0.15, 0.2) is 66.7 Å². The molecule has 2 amide bonds. The molecule has 30 heavy (non-hydrogen) atoms. The SMILES string of the molecule is Cc1ccccc1C(=O)Nc1cccc([C@@H]2SCC(=O)N2c2cccc(F)c2C)c1. The van der Waals surface area contributed by atoms with Crippen LogP contribution in [0.4, 0.5) is 15.8 Å². The molecule has 0 radical (unpaired) electrons. The summed E-state index contributed by atoms with van der Waals surface area (Å²) in [5.74, 6) is -0.262. The molecule has 0 unspecified atom stereocenters. The van der Waals surface area contributed by atoms with Crippen LogP contribution in [0.3, 0.4) is 0 Å². The Morgan fingerprint density at radius 3 is 2.63 bits per heavy atom. The van der Waals surface area contributed by atoms with Gasteiger partial charge in [0.05, 0.1) is 11.4 Å². The van der Waals surface area contributed by atoms with Gasteiger partial charge < -0.3 is 5.32 Å². The van der Waals surface area contributed by atoms with Crippen LogP contribution >= 0.6 is 11.8 Å². The maximum atomic E-state index is 14.1. The predicted octanol–water partition coefficient (Wildman–Crippen LogP) is 5.47. The van der Waals surface area contributed by atoms with Crippen LogP contribution in [0.2, 0.25) is 0 Å². The van der Waals surface area contributed by atoms with Gasteiger partial charge in [-0.15, -0.1) is 11.8 Å². The number of aryl methyl sites for hydroxylation is 1. The fraction of sp³-hybridized carbons (Fsp3) is 0.167. The van der Waals surface area contributed by atoms with Crippen molar-refractivity contribution in [3.63, 3.8) is 0 Å². The highest BCUT2D eigenvalue weighted by Crippen LogP contribution is 2.43. The lowest BCUT2D eigenvalue weighted by atomic mass is 10.1. The van der Waals surface area contributed by atoms with Crippen molar-refractivity contribution in [3.05, 3.63) is 94.8 Å². The van der Waals surface area contributed by atoms with E-state index in [1.807, 2.05) is 49.4 Å². The van der Waals surface area contributed by atoms with Gasteiger partial charge in [-0.3, -0.25) is 14.5 Å². The summed E-state index contributed by atoms with van der Waals surface area (Å²) < 4.78 is 14.1. The Morgan fingerprint density at radius 1 is 1.07 bits per heavy atom. The van der Waals surface area contributed by atoms with Gasteiger partial charge in [0, 0.05) is 16.8 Å². The lowest BCUT2D eigenvalue weighted by molar-refractivity contribution is -0.115. The molecule has 6 heteroatoms. The van der Waals surface area contributed by atoms with Crippen molar-refractivity contribution in [1.29, 1.82) is 0 Å². The van der Waals surface area contributed by atoms with Gasteiger partial charge in [0.15, 0.2) is 0 Å². The number of nitrogens with one attached hydrogen (secondary N) is 1. The normalized spacial score (nSPS) is 16.0. The van der Waals surface area contributed by atoms with Crippen molar-refractivity contribution in [2.45, 2.75) is 19.2 Å². The Hall–Kier alpha value is -3.12. The quantitative estimate of drug-likeness (QED) is 0.609. The van der Waals surface area contributed by atoms with Gasteiger partial charge in [-0.25, -0.2) is 4.39 Å². The van der Waals surface area contributed by atoms with Gasteiger partial charge in [0.1, 0.15) is 11.2 Å². The lowest BCUT2D eigenvalue weighted by Crippen LogP contribution is -2.28. The number of hydrogen-bond donors (Lipinski definition) is 1. The Labute approximate surface area is 179 Å². The first-order valence-electron chi connectivity index (χ1n) is 9.61. The Bertz CT molecular complexity index is 1130. The average molecular weight is 421 g/mol. The number of rotatable bonds is 4. The van der Waals surface area contributed by atoms with Crippen molar-refractivity contribution >= 4 is 35.0 Å². The van der Waals surface area contributed by atoms with E-state index in [1.165, 1.54) is 17.8 Å². The maximum Gasteiger partial charge on any atom is 0.255 e. The molecule has 3 aromatic rings. The summed E-state index contributed by atoms with van der Waals surface area (Å²) in [6.45, 7) is 3.57. The second-order valence-corrected chi connectivity index (χ2v) is 8.27. The Kier molecular flexibility index (Phi) is 5.59. The monoisotopic (exact) mass is 420 g/mol. The van der Waals surface area contributed by atoms with E-state index in [2.05, 4.69) is 5.32 Å². The molecule has 1 aliphatic rings. The van der Waals surface area contributed by atoms with Crippen molar-refractivity contribution < 1.29 is 14.0 Å². The zero-order chi connectivity index (χ0) is 21.3. The number of carbonyl (C=O) groups excluding carboxylic acids is 2. The number of thioether (sulfide) groups is 1. The van der Waals surface area contributed by atoms with Gasteiger partial charge >= 0.3 is 0 Å². The minimum atomic E-state index is -0.338. The Morgan fingerprint density at radius 2 is 1.83 bits per heavy atom. The van der Waals surface area contributed by atoms with E-state index in [4.69, 9.17) is 0 Å². The van der Waals surface area contributed by atoms with Crippen LogP contribution in [0.5, 0.6) is 0 Å². The molecule has 0 aromatic heterocycles. The summed E-state index contributed by atoms with van der Waals surface area (Å²) in [6, 6.07) is 19.6. The molecular weight excluding hydrogens is 399 g/mol. The first-order chi connectivity index (χ1) is 14.5. The standard InChI is InChI=1S/C24H21FN2O2S/c1-15-7-3-4-10-19(15)23(29)26-18-9-5-8-17(13-18)24-27(22(28)14-30-24)21-12-6-11-20(25)16(21)2/h3-13,24H,14H2,1-2H3,(H,26,29)/t24-/m0/s1. The number of halogens is 1. The Balaban J connectivity index is 1.63. The first-order valence-corrected chi connectivity index (χ1v) is 10.7. The second-order valence-electron chi connectivity index (χ2n) is 7.21. The van der Waals surface area contributed by atoms with Crippen molar-refractivity contribution in [1.82, 2.24) is 0 Å². The van der Waals surface area contributed by atoms with Crippen LogP contribution < -0.4 is 10.2 Å². The molecular formula is C24H21FN2O2S. The minimum Gasteiger partial charge on any atom is -0.322 e. The first kappa shape index (κ1) is 20.2. The van der Waals surface area contributed by atoms with Gasteiger partial charge in [-0.05, 0) is 55.3 Å². The molecule has 1 saturated heterocycles. The van der Waals surface area contributed by atoms with Crippen molar-refractivity contribution in [2.24, 2.45) is 0 Å². The highest BCUT2D eigenvalue weighted by atomic mass is 32.2. The van der Waals surface area contributed by atoms with Gasteiger partial charge in [0.25, 0.3) is 5.91 Å².